The second-order valence-electron chi connectivity index (χ2n) is 7.08. The van der Waals surface area contributed by atoms with E-state index < -0.39 is 0 Å². The van der Waals surface area contributed by atoms with Gasteiger partial charge in [0.2, 0.25) is 0 Å². The van der Waals surface area contributed by atoms with Crippen LogP contribution in [0.2, 0.25) is 0 Å². The van der Waals surface area contributed by atoms with Gasteiger partial charge in [-0.1, -0.05) is 36.4 Å². The number of ketones is 1. The van der Waals surface area contributed by atoms with Crippen molar-refractivity contribution >= 4 is 16.6 Å². The molecule has 4 fully saturated rings. The lowest BCUT2D eigenvalue weighted by molar-refractivity contribution is -0.155. The van der Waals surface area contributed by atoms with Crippen molar-refractivity contribution in [3.63, 3.8) is 0 Å². The van der Waals surface area contributed by atoms with Gasteiger partial charge < -0.3 is 0 Å². The average Bonchev–Trinajstić information content (AvgIpc) is 2.52. The summed E-state index contributed by atoms with van der Waals surface area (Å²) in [5.74, 6) is 0.317. The van der Waals surface area contributed by atoms with E-state index in [0.29, 0.717) is 5.78 Å². The Morgan fingerprint density at radius 1 is 0.818 bits per heavy atom. The molecule has 0 saturated carbocycles. The average molecular weight is 293 g/mol. The van der Waals surface area contributed by atoms with E-state index in [0.717, 1.165) is 50.6 Å². The van der Waals surface area contributed by atoms with Crippen LogP contribution in [0.1, 0.15) is 10.4 Å². The molecule has 0 N–H and O–H groups in total. The lowest BCUT2D eigenvalue weighted by Crippen LogP contribution is -2.74. The number of benzene rings is 2. The van der Waals surface area contributed by atoms with Crippen LogP contribution >= 0.6 is 0 Å². The summed E-state index contributed by atoms with van der Waals surface area (Å²) in [5.41, 5.74) is 0.626. The Labute approximate surface area is 129 Å². The number of fused-ring (bicyclic) bond motifs is 1. The van der Waals surface area contributed by atoms with Crippen LogP contribution in [0, 0.1) is 5.41 Å². The first-order chi connectivity index (χ1) is 10.7. The Bertz CT molecular complexity index is 734. The van der Waals surface area contributed by atoms with E-state index >= 15 is 0 Å². The molecule has 112 valence electrons. The quantitative estimate of drug-likeness (QED) is 0.789. The third kappa shape index (κ3) is 1.78. The van der Waals surface area contributed by atoms with Gasteiger partial charge in [0.1, 0.15) is 0 Å². The smallest absolute Gasteiger partial charge is 0.172 e. The van der Waals surface area contributed by atoms with Crippen molar-refractivity contribution in [2.75, 3.05) is 39.6 Å². The fourth-order valence-electron chi connectivity index (χ4n) is 4.57. The predicted octanol–water partition coefficient (Wildman–Crippen LogP) is 1.83. The fraction of sp³-hybridized carbons (Fsp3) is 0.389. The summed E-state index contributed by atoms with van der Waals surface area (Å²) < 4.78 is 0. The molecule has 4 nitrogen and oxygen atoms in total. The number of rotatable bonds is 2. The minimum Gasteiger partial charge on any atom is -0.293 e. The van der Waals surface area contributed by atoms with Crippen LogP contribution in [0.25, 0.3) is 10.8 Å². The number of carbonyl (C=O) groups is 1. The SMILES string of the molecule is O=C(c1ccc2ccccc2c1)C12CN3CN(CN(C3)C1)C2. The van der Waals surface area contributed by atoms with Crippen molar-refractivity contribution in [2.24, 2.45) is 5.41 Å². The highest BCUT2D eigenvalue weighted by Gasteiger charge is 2.52. The maximum absolute atomic E-state index is 13.3. The molecule has 2 aromatic carbocycles. The van der Waals surface area contributed by atoms with Gasteiger partial charge >= 0.3 is 0 Å². The molecule has 2 aromatic rings. The van der Waals surface area contributed by atoms with Crippen LogP contribution in [0.3, 0.4) is 0 Å². The molecule has 0 amide bonds. The van der Waals surface area contributed by atoms with Crippen molar-refractivity contribution < 1.29 is 4.79 Å². The van der Waals surface area contributed by atoms with E-state index in [2.05, 4.69) is 39.0 Å². The first-order valence-corrected chi connectivity index (χ1v) is 7.93. The molecule has 6 rings (SSSR count). The van der Waals surface area contributed by atoms with Crippen LogP contribution in [0.4, 0.5) is 0 Å². The van der Waals surface area contributed by atoms with E-state index in [4.69, 9.17) is 0 Å². The van der Waals surface area contributed by atoms with E-state index in [1.54, 1.807) is 0 Å². The third-order valence-corrected chi connectivity index (χ3v) is 5.27. The van der Waals surface area contributed by atoms with Gasteiger partial charge in [0.05, 0.1) is 25.4 Å². The zero-order chi connectivity index (χ0) is 14.7. The topological polar surface area (TPSA) is 26.8 Å². The summed E-state index contributed by atoms with van der Waals surface area (Å²) in [4.78, 5) is 20.5. The minimum absolute atomic E-state index is 0.239. The highest BCUT2D eigenvalue weighted by Crippen LogP contribution is 2.38. The van der Waals surface area contributed by atoms with Gasteiger partial charge in [-0.3, -0.25) is 19.5 Å². The Morgan fingerprint density at radius 2 is 1.41 bits per heavy atom. The van der Waals surface area contributed by atoms with Crippen molar-refractivity contribution in [1.29, 1.82) is 0 Å². The molecule has 4 bridgehead atoms. The van der Waals surface area contributed by atoms with Gasteiger partial charge in [0, 0.05) is 25.2 Å². The minimum atomic E-state index is -0.239. The number of hydrogen-bond donors (Lipinski definition) is 0. The van der Waals surface area contributed by atoms with Crippen molar-refractivity contribution in [3.8, 4) is 0 Å². The molecule has 0 unspecified atom stereocenters. The number of Topliss-reactive ketones (excluding diaryl/α,β-unsaturated/α-hetero) is 1. The van der Waals surface area contributed by atoms with Gasteiger partial charge in [-0.2, -0.15) is 0 Å². The molecule has 4 heterocycles. The summed E-state index contributed by atoms with van der Waals surface area (Å²) in [6.45, 7) is 5.78. The maximum atomic E-state index is 13.3. The number of carbonyl (C=O) groups excluding carboxylic acids is 1. The molecule has 4 saturated heterocycles. The van der Waals surface area contributed by atoms with Crippen LogP contribution < -0.4 is 0 Å². The summed E-state index contributed by atoms with van der Waals surface area (Å²) in [7, 11) is 0. The molecule has 0 spiro atoms. The highest BCUT2D eigenvalue weighted by atomic mass is 16.1. The fourth-order valence-corrected chi connectivity index (χ4v) is 4.57. The van der Waals surface area contributed by atoms with Crippen molar-refractivity contribution in [3.05, 3.63) is 48.0 Å². The largest absolute Gasteiger partial charge is 0.293 e. The molecule has 0 aliphatic carbocycles. The van der Waals surface area contributed by atoms with Gasteiger partial charge in [-0.05, 0) is 16.8 Å². The molecular formula is C18H19N3O. The van der Waals surface area contributed by atoms with Crippen LogP contribution in [0.5, 0.6) is 0 Å². The first-order valence-electron chi connectivity index (χ1n) is 7.93. The number of hydrogen-bond acceptors (Lipinski definition) is 4. The maximum Gasteiger partial charge on any atom is 0.172 e. The first kappa shape index (κ1) is 12.8. The van der Waals surface area contributed by atoms with E-state index in [1.165, 1.54) is 5.39 Å². The molecule has 4 aliphatic heterocycles. The normalized spacial score (nSPS) is 35.9. The lowest BCUT2D eigenvalue weighted by Gasteiger charge is -2.59. The summed E-state index contributed by atoms with van der Waals surface area (Å²) in [6.07, 6.45) is 0. The Kier molecular flexibility index (Phi) is 2.54. The monoisotopic (exact) mass is 293 g/mol. The van der Waals surface area contributed by atoms with E-state index in [-0.39, 0.29) is 5.41 Å². The van der Waals surface area contributed by atoms with Crippen LogP contribution in [-0.4, -0.2) is 60.1 Å². The van der Waals surface area contributed by atoms with E-state index in [9.17, 15) is 4.79 Å². The predicted molar refractivity (Wildman–Crippen MR) is 85.4 cm³/mol. The van der Waals surface area contributed by atoms with Gasteiger partial charge in [-0.15, -0.1) is 0 Å². The molecule has 4 aliphatic rings. The molecule has 0 atom stereocenters. The third-order valence-electron chi connectivity index (χ3n) is 5.27. The van der Waals surface area contributed by atoms with Gasteiger partial charge in [0.15, 0.2) is 5.78 Å². The zero-order valence-corrected chi connectivity index (χ0v) is 12.5. The summed E-state index contributed by atoms with van der Waals surface area (Å²) in [6, 6.07) is 14.4. The summed E-state index contributed by atoms with van der Waals surface area (Å²) in [5, 5.41) is 2.35. The van der Waals surface area contributed by atoms with Crippen molar-refractivity contribution in [2.45, 2.75) is 0 Å². The molecule has 22 heavy (non-hydrogen) atoms. The highest BCUT2D eigenvalue weighted by molar-refractivity contribution is 6.04. The van der Waals surface area contributed by atoms with E-state index in [1.807, 2.05) is 18.2 Å². The van der Waals surface area contributed by atoms with Gasteiger partial charge in [-0.25, -0.2) is 0 Å². The van der Waals surface area contributed by atoms with Crippen molar-refractivity contribution in [1.82, 2.24) is 14.7 Å². The Balaban J connectivity index is 1.55. The Hall–Kier alpha value is -1.75. The second-order valence-corrected chi connectivity index (χ2v) is 7.08. The molecule has 0 radical (unpaired) electrons. The lowest BCUT2D eigenvalue weighted by atomic mass is 9.75. The van der Waals surface area contributed by atoms with Crippen LogP contribution in [-0.2, 0) is 0 Å². The number of nitrogens with zero attached hydrogens (tertiary/aromatic N) is 3. The Morgan fingerprint density at radius 3 is 2.05 bits per heavy atom. The zero-order valence-electron chi connectivity index (χ0n) is 12.5. The van der Waals surface area contributed by atoms with Gasteiger partial charge in [0.25, 0.3) is 0 Å². The summed E-state index contributed by atoms with van der Waals surface area (Å²) >= 11 is 0. The second kappa shape index (κ2) is 4.38. The standard InChI is InChI=1S/C18H19N3O/c22-17(16-6-5-14-3-1-2-4-15(14)7-16)18-8-19-11-20(9-18)13-21(10-18)12-19/h1-7H,8-13H2. The molecule has 0 aromatic heterocycles. The molecule has 4 heteroatoms. The van der Waals surface area contributed by atoms with Crippen LogP contribution in [0.15, 0.2) is 42.5 Å². The molecular weight excluding hydrogens is 274 g/mol.